The van der Waals surface area contributed by atoms with Crippen molar-refractivity contribution in [2.75, 3.05) is 26.7 Å². The molecule has 1 aromatic heterocycles. The number of aliphatic hydroxyl groups excluding tert-OH is 1. The molecule has 0 unspecified atom stereocenters. The fraction of sp³-hybridized carbons (Fsp3) is 0.667. The summed E-state index contributed by atoms with van der Waals surface area (Å²) in [6, 6.07) is 1.96. The summed E-state index contributed by atoms with van der Waals surface area (Å²) in [6.07, 6.45) is 1.89. The van der Waals surface area contributed by atoms with Crippen molar-refractivity contribution in [1.29, 1.82) is 0 Å². The number of nitrogens with zero attached hydrogens (tertiary/aromatic N) is 3. The van der Waals surface area contributed by atoms with Gasteiger partial charge < -0.3 is 19.9 Å². The predicted octanol–water partition coefficient (Wildman–Crippen LogP) is 2.71. The minimum atomic E-state index is -0.213. The fourth-order valence-electron chi connectivity index (χ4n) is 1.85. The lowest BCUT2D eigenvalue weighted by atomic mass is 9.95. The van der Waals surface area contributed by atoms with Crippen LogP contribution >= 0.6 is 35.6 Å². The van der Waals surface area contributed by atoms with Crippen LogP contribution in [0.5, 0.6) is 0 Å². The monoisotopic (exact) mass is 442 g/mol. The molecule has 0 aromatic carbocycles. The Morgan fingerprint density at radius 1 is 1.50 bits per heavy atom. The maximum atomic E-state index is 9.33. The van der Waals surface area contributed by atoms with Gasteiger partial charge in [0.15, 0.2) is 5.96 Å². The van der Waals surface area contributed by atoms with Gasteiger partial charge in [0.25, 0.3) is 0 Å². The summed E-state index contributed by atoms with van der Waals surface area (Å²) < 4.78 is 2.01. The number of aliphatic imine (C=N–C) groups is 1. The van der Waals surface area contributed by atoms with Gasteiger partial charge in [-0.3, -0.25) is 4.99 Å². The first kappa shape index (κ1) is 21.5. The van der Waals surface area contributed by atoms with Crippen LogP contribution in [-0.2, 0) is 13.6 Å². The number of nitrogens with one attached hydrogen (secondary N) is 1. The number of hydrogen-bond acceptors (Lipinski definition) is 2. The van der Waals surface area contributed by atoms with Gasteiger partial charge in [0.1, 0.15) is 0 Å². The zero-order valence-electron chi connectivity index (χ0n) is 14.1. The molecule has 2 N–H and O–H groups in total. The Balaban J connectivity index is 0.00000441. The lowest BCUT2D eigenvalue weighted by molar-refractivity contribution is 0.167. The van der Waals surface area contributed by atoms with Crippen LogP contribution in [0.4, 0.5) is 0 Å². The molecule has 0 fully saturated rings. The highest BCUT2D eigenvalue weighted by atomic mass is 127. The second-order valence-electron chi connectivity index (χ2n) is 6.11. The number of hydrogen-bond donors (Lipinski definition) is 2. The third-order valence-corrected chi connectivity index (χ3v) is 3.46. The number of rotatable bonds is 6. The molecule has 0 aliphatic carbocycles. The lowest BCUT2D eigenvalue weighted by Gasteiger charge is -2.25. The molecule has 0 amide bonds. The van der Waals surface area contributed by atoms with E-state index in [1.807, 2.05) is 51.7 Å². The molecule has 1 aromatic rings. The minimum absolute atomic E-state index is 0. The molecule has 22 heavy (non-hydrogen) atoms. The molecule has 0 atom stereocenters. The van der Waals surface area contributed by atoms with Gasteiger partial charge in [-0.25, -0.2) is 0 Å². The summed E-state index contributed by atoms with van der Waals surface area (Å²) in [5.41, 5.74) is 0.907. The van der Waals surface area contributed by atoms with E-state index in [-0.39, 0.29) is 36.0 Å². The Hall–Kier alpha value is -0.470. The van der Waals surface area contributed by atoms with Crippen molar-refractivity contribution >= 4 is 41.5 Å². The maximum absolute atomic E-state index is 9.33. The molecule has 128 valence electrons. The van der Waals surface area contributed by atoms with Crippen molar-refractivity contribution in [3.05, 3.63) is 23.0 Å². The summed E-state index contributed by atoms with van der Waals surface area (Å²) >= 11 is 6.02. The molecule has 7 heteroatoms. The average Bonchev–Trinajstić information content (AvgIpc) is 2.72. The van der Waals surface area contributed by atoms with Crippen LogP contribution in [0.15, 0.2) is 17.3 Å². The van der Waals surface area contributed by atoms with E-state index in [0.717, 1.165) is 23.2 Å². The SMILES string of the molecule is CCNC(=NCC(C)(C)CO)N(C)Cc1cc(Cl)cn1C.I. The molecule has 5 nitrogen and oxygen atoms in total. The Morgan fingerprint density at radius 2 is 2.14 bits per heavy atom. The van der Waals surface area contributed by atoms with Crippen molar-refractivity contribution in [2.45, 2.75) is 27.3 Å². The maximum Gasteiger partial charge on any atom is 0.194 e. The normalized spacial score (nSPS) is 12.0. The first-order valence-electron chi connectivity index (χ1n) is 7.20. The van der Waals surface area contributed by atoms with Gasteiger partial charge in [0, 0.05) is 44.6 Å². The molecule has 0 bridgehead atoms. The summed E-state index contributed by atoms with van der Waals surface area (Å²) in [7, 11) is 3.97. The summed E-state index contributed by atoms with van der Waals surface area (Å²) in [4.78, 5) is 6.68. The summed E-state index contributed by atoms with van der Waals surface area (Å²) in [5.74, 6) is 0.830. The number of aryl methyl sites for hydroxylation is 1. The van der Waals surface area contributed by atoms with E-state index in [2.05, 4.69) is 15.2 Å². The highest BCUT2D eigenvalue weighted by molar-refractivity contribution is 14.0. The van der Waals surface area contributed by atoms with Crippen LogP contribution in [0.3, 0.4) is 0 Å². The van der Waals surface area contributed by atoms with Crippen LogP contribution in [0, 0.1) is 5.41 Å². The van der Waals surface area contributed by atoms with Gasteiger partial charge in [-0.15, -0.1) is 24.0 Å². The Labute approximate surface area is 155 Å². The molecular weight excluding hydrogens is 415 g/mol. The van der Waals surface area contributed by atoms with Crippen molar-refractivity contribution in [2.24, 2.45) is 17.5 Å². The third-order valence-electron chi connectivity index (χ3n) is 3.26. The average molecular weight is 443 g/mol. The molecule has 0 aliphatic heterocycles. The molecule has 0 saturated heterocycles. The predicted molar refractivity (Wildman–Crippen MR) is 104 cm³/mol. The second-order valence-corrected chi connectivity index (χ2v) is 6.55. The van der Waals surface area contributed by atoms with Crippen molar-refractivity contribution < 1.29 is 5.11 Å². The van der Waals surface area contributed by atoms with Gasteiger partial charge in [0.05, 0.1) is 18.1 Å². The number of aliphatic hydroxyl groups is 1. The van der Waals surface area contributed by atoms with Crippen LogP contribution in [-0.4, -0.2) is 47.3 Å². The van der Waals surface area contributed by atoms with E-state index in [1.165, 1.54) is 0 Å². The number of halogens is 2. The van der Waals surface area contributed by atoms with Gasteiger partial charge >= 0.3 is 0 Å². The second kappa shape index (κ2) is 9.62. The highest BCUT2D eigenvalue weighted by Crippen LogP contribution is 2.16. The van der Waals surface area contributed by atoms with Crippen LogP contribution in [0.25, 0.3) is 0 Å². The topological polar surface area (TPSA) is 52.8 Å². The van der Waals surface area contributed by atoms with E-state index in [0.29, 0.717) is 13.1 Å². The third kappa shape index (κ3) is 6.75. The zero-order chi connectivity index (χ0) is 16.0. The number of guanidine groups is 1. The van der Waals surface area contributed by atoms with Crippen molar-refractivity contribution in [1.82, 2.24) is 14.8 Å². The summed E-state index contributed by atoms with van der Waals surface area (Å²) in [5, 5.41) is 13.3. The Kier molecular flexibility index (Phi) is 9.41. The van der Waals surface area contributed by atoms with E-state index in [9.17, 15) is 5.11 Å². The van der Waals surface area contributed by atoms with E-state index < -0.39 is 0 Å². The zero-order valence-corrected chi connectivity index (χ0v) is 17.1. The first-order chi connectivity index (χ1) is 9.79. The van der Waals surface area contributed by atoms with E-state index in [4.69, 9.17) is 11.6 Å². The molecule has 0 spiro atoms. The van der Waals surface area contributed by atoms with Crippen LogP contribution < -0.4 is 5.32 Å². The largest absolute Gasteiger partial charge is 0.396 e. The first-order valence-corrected chi connectivity index (χ1v) is 7.58. The standard InChI is InChI=1S/C15H27ClN4O.HI/c1-6-17-14(18-10-15(2,3)11-21)20(5)9-13-7-12(16)8-19(13)4;/h7-8,21H,6,9-11H2,1-5H3,(H,17,18);1H. The van der Waals surface area contributed by atoms with Gasteiger partial charge in [-0.2, -0.15) is 0 Å². The smallest absolute Gasteiger partial charge is 0.194 e. The molecule has 0 saturated carbocycles. The molecule has 1 rings (SSSR count). The lowest BCUT2D eigenvalue weighted by Crippen LogP contribution is -2.39. The van der Waals surface area contributed by atoms with Crippen molar-refractivity contribution in [3.63, 3.8) is 0 Å². The van der Waals surface area contributed by atoms with Crippen LogP contribution in [0.1, 0.15) is 26.5 Å². The Bertz CT molecular complexity index is 488. The quantitative estimate of drug-likeness (QED) is 0.405. The molecule has 0 radical (unpaired) electrons. The summed E-state index contributed by atoms with van der Waals surface area (Å²) in [6.45, 7) is 8.25. The molecule has 1 heterocycles. The van der Waals surface area contributed by atoms with Gasteiger partial charge in [-0.1, -0.05) is 25.4 Å². The number of aromatic nitrogens is 1. The van der Waals surface area contributed by atoms with Crippen molar-refractivity contribution in [3.8, 4) is 0 Å². The van der Waals surface area contributed by atoms with E-state index in [1.54, 1.807) is 0 Å². The molecule has 0 aliphatic rings. The minimum Gasteiger partial charge on any atom is -0.396 e. The van der Waals surface area contributed by atoms with Gasteiger partial charge in [-0.05, 0) is 13.0 Å². The van der Waals surface area contributed by atoms with E-state index >= 15 is 0 Å². The van der Waals surface area contributed by atoms with Gasteiger partial charge in [0.2, 0.25) is 0 Å². The molecular formula is C15H28ClIN4O. The van der Waals surface area contributed by atoms with Crippen LogP contribution in [0.2, 0.25) is 5.02 Å². The highest BCUT2D eigenvalue weighted by Gasteiger charge is 2.17. The fourth-order valence-corrected chi connectivity index (χ4v) is 2.12. The Morgan fingerprint density at radius 3 is 2.59 bits per heavy atom.